The van der Waals surface area contributed by atoms with Crippen LogP contribution in [0.3, 0.4) is 0 Å². The molecule has 0 saturated heterocycles. The first-order valence-electron chi connectivity index (χ1n) is 9.05. The van der Waals surface area contributed by atoms with Crippen molar-refractivity contribution in [2.24, 2.45) is 0 Å². The lowest BCUT2D eigenvalue weighted by Crippen LogP contribution is -1.96. The lowest BCUT2D eigenvalue weighted by Gasteiger charge is -2.04. The zero-order chi connectivity index (χ0) is 20.6. The molecule has 3 aromatic carbocycles. The Balaban J connectivity index is 1.86. The van der Waals surface area contributed by atoms with Gasteiger partial charge in [-0.05, 0) is 43.3 Å². The van der Waals surface area contributed by atoms with Gasteiger partial charge in [0.15, 0.2) is 9.84 Å². The third-order valence-corrected chi connectivity index (χ3v) is 5.85. The first-order chi connectivity index (χ1) is 13.8. The Labute approximate surface area is 169 Å². The van der Waals surface area contributed by atoms with Crippen LogP contribution < -0.4 is 0 Å². The standard InChI is InChI=1S/C23H19FN2O2S/c1-15-3-5-18(6-4-15)23-25-21(16-7-11-19(24)12-8-16)22(26-23)17-9-13-20(14-10-17)29(2,27)28/h3-14H,1-2H3,(H,25,26). The largest absolute Gasteiger partial charge is 0.337 e. The number of nitrogens with one attached hydrogen (secondary N) is 1. The Morgan fingerprint density at radius 1 is 0.793 bits per heavy atom. The van der Waals surface area contributed by atoms with Crippen LogP contribution in [0.4, 0.5) is 4.39 Å². The first-order valence-corrected chi connectivity index (χ1v) is 10.9. The number of benzene rings is 3. The fourth-order valence-corrected chi connectivity index (χ4v) is 3.75. The van der Waals surface area contributed by atoms with Gasteiger partial charge in [0.25, 0.3) is 0 Å². The molecule has 0 aliphatic carbocycles. The number of hydrogen-bond acceptors (Lipinski definition) is 3. The lowest BCUT2D eigenvalue weighted by molar-refractivity contribution is 0.602. The molecule has 29 heavy (non-hydrogen) atoms. The van der Waals surface area contributed by atoms with Gasteiger partial charge in [0.1, 0.15) is 11.6 Å². The Kier molecular flexibility index (Phi) is 4.80. The highest BCUT2D eigenvalue weighted by Gasteiger charge is 2.16. The van der Waals surface area contributed by atoms with Gasteiger partial charge in [-0.1, -0.05) is 42.0 Å². The zero-order valence-electron chi connectivity index (χ0n) is 16.0. The van der Waals surface area contributed by atoms with Gasteiger partial charge in [-0.2, -0.15) is 0 Å². The summed E-state index contributed by atoms with van der Waals surface area (Å²) in [5.74, 6) is 0.373. The highest BCUT2D eigenvalue weighted by Crippen LogP contribution is 2.33. The van der Waals surface area contributed by atoms with Crippen molar-refractivity contribution in [2.75, 3.05) is 6.26 Å². The minimum absolute atomic E-state index is 0.249. The zero-order valence-corrected chi connectivity index (χ0v) is 16.8. The first kappa shape index (κ1) is 19.1. The number of aromatic amines is 1. The molecule has 146 valence electrons. The monoisotopic (exact) mass is 406 g/mol. The summed E-state index contributed by atoms with van der Waals surface area (Å²) in [5, 5.41) is 0. The second-order valence-corrected chi connectivity index (χ2v) is 8.99. The van der Waals surface area contributed by atoms with E-state index in [0.717, 1.165) is 27.9 Å². The van der Waals surface area contributed by atoms with Crippen LogP contribution >= 0.6 is 0 Å². The summed E-state index contributed by atoms with van der Waals surface area (Å²) < 4.78 is 36.9. The van der Waals surface area contributed by atoms with Gasteiger partial charge < -0.3 is 4.98 Å². The molecule has 0 aliphatic heterocycles. The lowest BCUT2D eigenvalue weighted by atomic mass is 10.1. The summed E-state index contributed by atoms with van der Waals surface area (Å²) in [6, 6.07) is 20.8. The van der Waals surface area contributed by atoms with Crippen LogP contribution in [0.1, 0.15) is 5.56 Å². The Morgan fingerprint density at radius 2 is 1.34 bits per heavy atom. The van der Waals surface area contributed by atoms with E-state index in [1.807, 2.05) is 31.2 Å². The van der Waals surface area contributed by atoms with Gasteiger partial charge >= 0.3 is 0 Å². The molecular weight excluding hydrogens is 387 g/mol. The molecule has 0 amide bonds. The molecule has 1 aromatic heterocycles. The van der Waals surface area contributed by atoms with Crippen molar-refractivity contribution in [1.29, 1.82) is 0 Å². The van der Waals surface area contributed by atoms with E-state index in [1.165, 1.54) is 18.4 Å². The maximum atomic E-state index is 13.4. The molecule has 0 atom stereocenters. The molecule has 6 heteroatoms. The van der Waals surface area contributed by atoms with E-state index >= 15 is 0 Å². The van der Waals surface area contributed by atoms with E-state index in [0.29, 0.717) is 11.5 Å². The maximum absolute atomic E-state index is 13.4. The molecule has 0 spiro atoms. The van der Waals surface area contributed by atoms with Crippen LogP contribution in [0.25, 0.3) is 33.9 Å². The van der Waals surface area contributed by atoms with Crippen molar-refractivity contribution in [3.05, 3.63) is 84.2 Å². The smallest absolute Gasteiger partial charge is 0.175 e. The molecule has 4 aromatic rings. The average molecular weight is 406 g/mol. The Hall–Kier alpha value is -3.25. The molecular formula is C23H19FN2O2S. The van der Waals surface area contributed by atoms with Crippen LogP contribution in [0.2, 0.25) is 0 Å². The van der Waals surface area contributed by atoms with Gasteiger partial charge in [0.05, 0.1) is 16.3 Å². The molecule has 1 heterocycles. The summed E-state index contributed by atoms with van der Waals surface area (Å²) in [6.07, 6.45) is 1.18. The van der Waals surface area contributed by atoms with Crippen LogP contribution in [-0.2, 0) is 9.84 Å². The fourth-order valence-electron chi connectivity index (χ4n) is 3.12. The quantitative estimate of drug-likeness (QED) is 0.503. The van der Waals surface area contributed by atoms with Crippen molar-refractivity contribution < 1.29 is 12.8 Å². The van der Waals surface area contributed by atoms with Crippen LogP contribution in [0.15, 0.2) is 77.7 Å². The number of rotatable bonds is 4. The summed E-state index contributed by atoms with van der Waals surface area (Å²) in [5.41, 5.74) is 5.05. The number of halogens is 1. The van der Waals surface area contributed by atoms with Crippen LogP contribution in [0, 0.1) is 12.7 Å². The molecule has 0 unspecified atom stereocenters. The van der Waals surface area contributed by atoms with E-state index in [1.54, 1.807) is 36.4 Å². The van der Waals surface area contributed by atoms with Crippen molar-refractivity contribution in [1.82, 2.24) is 9.97 Å². The maximum Gasteiger partial charge on any atom is 0.175 e. The Morgan fingerprint density at radius 3 is 1.93 bits per heavy atom. The molecule has 4 nitrogen and oxygen atoms in total. The summed E-state index contributed by atoms with van der Waals surface area (Å²) >= 11 is 0. The second-order valence-electron chi connectivity index (χ2n) is 6.98. The summed E-state index contributed by atoms with van der Waals surface area (Å²) in [4.78, 5) is 8.37. The molecule has 0 fully saturated rings. The van der Waals surface area contributed by atoms with Crippen molar-refractivity contribution in [2.45, 2.75) is 11.8 Å². The van der Waals surface area contributed by atoms with Crippen molar-refractivity contribution >= 4 is 9.84 Å². The van der Waals surface area contributed by atoms with Gasteiger partial charge in [-0.25, -0.2) is 17.8 Å². The van der Waals surface area contributed by atoms with Gasteiger partial charge in [-0.3, -0.25) is 0 Å². The third kappa shape index (κ3) is 3.98. The molecule has 0 radical (unpaired) electrons. The molecule has 4 rings (SSSR count). The van der Waals surface area contributed by atoms with Gasteiger partial charge in [-0.15, -0.1) is 0 Å². The predicted molar refractivity (Wildman–Crippen MR) is 113 cm³/mol. The van der Waals surface area contributed by atoms with E-state index in [9.17, 15) is 12.8 Å². The summed E-state index contributed by atoms with van der Waals surface area (Å²) in [6.45, 7) is 2.02. The normalized spacial score (nSPS) is 11.6. The number of nitrogens with zero attached hydrogens (tertiary/aromatic N) is 1. The topological polar surface area (TPSA) is 62.8 Å². The van der Waals surface area contributed by atoms with Crippen molar-refractivity contribution in [3.8, 4) is 33.9 Å². The number of H-pyrrole nitrogens is 1. The van der Waals surface area contributed by atoms with Crippen LogP contribution in [-0.4, -0.2) is 24.6 Å². The SMILES string of the molecule is Cc1ccc(-c2nc(-c3ccc(S(C)(=O)=O)cc3)c(-c3ccc(F)cc3)[nH]2)cc1. The number of hydrogen-bond donors (Lipinski definition) is 1. The summed E-state index contributed by atoms with van der Waals surface area (Å²) in [7, 11) is -3.28. The minimum atomic E-state index is -3.28. The molecule has 0 bridgehead atoms. The molecule has 0 aliphatic rings. The second kappa shape index (κ2) is 7.29. The van der Waals surface area contributed by atoms with Crippen LogP contribution in [0.5, 0.6) is 0 Å². The average Bonchev–Trinajstić information content (AvgIpc) is 3.14. The van der Waals surface area contributed by atoms with Crippen molar-refractivity contribution in [3.63, 3.8) is 0 Å². The van der Waals surface area contributed by atoms with E-state index < -0.39 is 9.84 Å². The minimum Gasteiger partial charge on any atom is -0.337 e. The van der Waals surface area contributed by atoms with Gasteiger partial charge in [0, 0.05) is 22.9 Å². The molecule has 1 N–H and O–H groups in total. The van der Waals surface area contributed by atoms with E-state index in [2.05, 4.69) is 4.98 Å². The third-order valence-electron chi connectivity index (χ3n) is 4.72. The predicted octanol–water partition coefficient (Wildman–Crippen LogP) is 5.26. The van der Waals surface area contributed by atoms with E-state index in [4.69, 9.17) is 4.98 Å². The molecule has 0 saturated carbocycles. The van der Waals surface area contributed by atoms with Gasteiger partial charge in [0.2, 0.25) is 0 Å². The van der Waals surface area contributed by atoms with E-state index in [-0.39, 0.29) is 10.7 Å². The Bertz CT molecular complexity index is 1260. The number of imidazole rings is 1. The fraction of sp³-hybridized carbons (Fsp3) is 0.0870. The number of sulfone groups is 1. The number of aromatic nitrogens is 2. The number of aryl methyl sites for hydroxylation is 1. The highest BCUT2D eigenvalue weighted by molar-refractivity contribution is 7.90. The highest BCUT2D eigenvalue weighted by atomic mass is 32.2.